The average Bonchev–Trinajstić information content (AvgIpc) is 3.13. The lowest BCUT2D eigenvalue weighted by Gasteiger charge is -2.07. The molecule has 0 saturated carbocycles. The fraction of sp³-hybridized carbons (Fsp3) is 0.0714. The molecule has 0 spiro atoms. The monoisotopic (exact) mass is 319 g/mol. The zero-order valence-electron chi connectivity index (χ0n) is 11.0. The van der Waals surface area contributed by atoms with Crippen LogP contribution < -0.4 is 4.72 Å². The third-order valence-corrected chi connectivity index (χ3v) is 5.65. The van der Waals surface area contributed by atoms with Crippen LogP contribution in [0.5, 0.6) is 0 Å². The molecule has 0 unspecified atom stereocenters. The van der Waals surface area contributed by atoms with E-state index in [0.717, 1.165) is 5.56 Å². The highest BCUT2D eigenvalue weighted by molar-refractivity contribution is 7.94. The molecule has 21 heavy (non-hydrogen) atoms. The normalized spacial score (nSPS) is 11.4. The molecule has 2 heterocycles. The van der Waals surface area contributed by atoms with Crippen molar-refractivity contribution in [1.82, 2.24) is 9.78 Å². The van der Waals surface area contributed by atoms with Gasteiger partial charge < -0.3 is 0 Å². The van der Waals surface area contributed by atoms with Gasteiger partial charge in [-0.2, -0.15) is 5.10 Å². The van der Waals surface area contributed by atoms with Gasteiger partial charge in [0.05, 0.1) is 6.54 Å². The van der Waals surface area contributed by atoms with Gasteiger partial charge in [0.25, 0.3) is 10.0 Å². The average molecular weight is 319 g/mol. The van der Waals surface area contributed by atoms with E-state index in [9.17, 15) is 8.42 Å². The van der Waals surface area contributed by atoms with Gasteiger partial charge in [0.1, 0.15) is 4.21 Å². The van der Waals surface area contributed by atoms with Crippen LogP contribution in [0, 0.1) is 0 Å². The molecule has 0 aliphatic heterocycles. The highest BCUT2D eigenvalue weighted by Gasteiger charge is 2.14. The Hall–Kier alpha value is -2.12. The Kier molecular flexibility index (Phi) is 3.76. The number of aromatic nitrogens is 2. The fourth-order valence-electron chi connectivity index (χ4n) is 1.88. The van der Waals surface area contributed by atoms with Crippen LogP contribution in [-0.2, 0) is 16.6 Å². The summed E-state index contributed by atoms with van der Waals surface area (Å²) in [6, 6.07) is 12.4. The Morgan fingerprint density at radius 3 is 2.57 bits per heavy atom. The van der Waals surface area contributed by atoms with Gasteiger partial charge in [-0.25, -0.2) is 8.42 Å². The summed E-state index contributed by atoms with van der Waals surface area (Å²) in [7, 11) is -3.48. The van der Waals surface area contributed by atoms with Crippen molar-refractivity contribution in [1.29, 1.82) is 0 Å². The molecule has 0 fully saturated rings. The number of anilines is 1. The van der Waals surface area contributed by atoms with Crippen molar-refractivity contribution >= 4 is 27.0 Å². The number of rotatable bonds is 5. The van der Waals surface area contributed by atoms with Gasteiger partial charge in [-0.15, -0.1) is 11.3 Å². The topological polar surface area (TPSA) is 64.0 Å². The molecule has 5 nitrogen and oxygen atoms in total. The molecule has 3 rings (SSSR count). The summed E-state index contributed by atoms with van der Waals surface area (Å²) in [5.41, 5.74) is 1.60. The molecule has 0 aliphatic rings. The lowest BCUT2D eigenvalue weighted by atomic mass is 10.2. The Balaban J connectivity index is 1.73. The van der Waals surface area contributed by atoms with E-state index in [4.69, 9.17) is 0 Å². The summed E-state index contributed by atoms with van der Waals surface area (Å²) in [6.45, 7) is 0.658. The SMILES string of the molecule is O=S(=O)(Nc1ccc(Cn2cccn2)cc1)c1cccs1. The van der Waals surface area contributed by atoms with Crippen LogP contribution in [0.3, 0.4) is 0 Å². The Bertz CT molecular complexity index is 793. The van der Waals surface area contributed by atoms with Crippen molar-refractivity contribution < 1.29 is 8.42 Å². The molecule has 7 heteroatoms. The van der Waals surface area contributed by atoms with Crippen LogP contribution in [0.15, 0.2) is 64.4 Å². The lowest BCUT2D eigenvalue weighted by molar-refractivity contribution is 0.603. The van der Waals surface area contributed by atoms with Crippen molar-refractivity contribution in [3.63, 3.8) is 0 Å². The minimum atomic E-state index is -3.48. The van der Waals surface area contributed by atoms with Gasteiger partial charge >= 0.3 is 0 Å². The minimum absolute atomic E-state index is 0.308. The standard InChI is InChI=1S/C14H13N3O2S2/c18-21(19,14-3-1-10-20-14)16-13-6-4-12(5-7-13)11-17-9-2-8-15-17/h1-10,16H,11H2. The summed E-state index contributed by atoms with van der Waals surface area (Å²) in [5.74, 6) is 0. The molecule has 1 aromatic carbocycles. The van der Waals surface area contributed by atoms with Crippen molar-refractivity contribution in [2.24, 2.45) is 0 Å². The van der Waals surface area contributed by atoms with Crippen LogP contribution in [-0.4, -0.2) is 18.2 Å². The Morgan fingerprint density at radius 2 is 1.95 bits per heavy atom. The molecule has 0 amide bonds. The maximum absolute atomic E-state index is 12.1. The van der Waals surface area contributed by atoms with E-state index >= 15 is 0 Å². The van der Waals surface area contributed by atoms with Crippen molar-refractivity contribution in [3.8, 4) is 0 Å². The molecule has 3 aromatic rings. The van der Waals surface area contributed by atoms with Crippen molar-refractivity contribution in [2.75, 3.05) is 4.72 Å². The Morgan fingerprint density at radius 1 is 1.14 bits per heavy atom. The predicted octanol–water partition coefficient (Wildman–Crippen LogP) is 2.79. The van der Waals surface area contributed by atoms with Crippen LogP contribution in [0.2, 0.25) is 0 Å². The molecular weight excluding hydrogens is 306 g/mol. The quantitative estimate of drug-likeness (QED) is 0.786. The Labute approximate surface area is 126 Å². The first-order valence-electron chi connectivity index (χ1n) is 6.26. The van der Waals surface area contributed by atoms with E-state index < -0.39 is 10.0 Å². The lowest BCUT2D eigenvalue weighted by Crippen LogP contribution is -2.11. The van der Waals surface area contributed by atoms with Crippen LogP contribution in [0.25, 0.3) is 0 Å². The molecule has 0 aliphatic carbocycles. The third kappa shape index (κ3) is 3.32. The van der Waals surface area contributed by atoms with Gasteiger partial charge in [-0.1, -0.05) is 18.2 Å². The molecule has 0 saturated heterocycles. The van der Waals surface area contributed by atoms with E-state index in [2.05, 4.69) is 9.82 Å². The summed E-state index contributed by atoms with van der Waals surface area (Å²) >= 11 is 1.19. The summed E-state index contributed by atoms with van der Waals surface area (Å²) in [5, 5.41) is 5.87. The fourth-order valence-corrected chi connectivity index (χ4v) is 3.93. The minimum Gasteiger partial charge on any atom is -0.279 e. The summed E-state index contributed by atoms with van der Waals surface area (Å²) < 4.78 is 28.9. The second kappa shape index (κ2) is 5.71. The number of nitrogens with zero attached hydrogens (tertiary/aromatic N) is 2. The number of hydrogen-bond donors (Lipinski definition) is 1. The number of benzene rings is 1. The number of thiophene rings is 1. The first-order chi connectivity index (χ1) is 10.1. The molecule has 0 atom stereocenters. The van der Waals surface area contributed by atoms with Gasteiger partial charge in [0, 0.05) is 18.1 Å². The highest BCUT2D eigenvalue weighted by Crippen LogP contribution is 2.20. The smallest absolute Gasteiger partial charge is 0.271 e. The van der Waals surface area contributed by atoms with E-state index in [0.29, 0.717) is 16.4 Å². The van der Waals surface area contributed by atoms with E-state index in [-0.39, 0.29) is 0 Å². The molecular formula is C14H13N3O2S2. The molecule has 108 valence electrons. The molecule has 0 radical (unpaired) electrons. The maximum Gasteiger partial charge on any atom is 0.271 e. The molecule has 1 N–H and O–H groups in total. The number of sulfonamides is 1. The summed E-state index contributed by atoms with van der Waals surface area (Å²) in [6.07, 6.45) is 3.61. The first kappa shape index (κ1) is 13.8. The first-order valence-corrected chi connectivity index (χ1v) is 8.62. The van der Waals surface area contributed by atoms with Gasteiger partial charge in [-0.3, -0.25) is 9.40 Å². The van der Waals surface area contributed by atoms with Crippen LogP contribution >= 0.6 is 11.3 Å². The van der Waals surface area contributed by atoms with E-state index in [1.54, 1.807) is 35.8 Å². The van der Waals surface area contributed by atoms with Crippen molar-refractivity contribution in [3.05, 3.63) is 65.8 Å². The van der Waals surface area contributed by atoms with E-state index in [1.165, 1.54) is 11.3 Å². The molecule has 2 aromatic heterocycles. The second-order valence-corrected chi connectivity index (χ2v) is 7.30. The van der Waals surface area contributed by atoms with Crippen LogP contribution in [0.4, 0.5) is 5.69 Å². The van der Waals surface area contributed by atoms with Gasteiger partial charge in [0.2, 0.25) is 0 Å². The largest absolute Gasteiger partial charge is 0.279 e. The highest BCUT2D eigenvalue weighted by atomic mass is 32.2. The second-order valence-electron chi connectivity index (χ2n) is 4.44. The van der Waals surface area contributed by atoms with Gasteiger partial charge in [0.15, 0.2) is 0 Å². The van der Waals surface area contributed by atoms with Gasteiger partial charge in [-0.05, 0) is 35.2 Å². The zero-order valence-corrected chi connectivity index (χ0v) is 12.6. The van der Waals surface area contributed by atoms with Crippen LogP contribution in [0.1, 0.15) is 5.56 Å². The zero-order chi connectivity index (χ0) is 14.7. The number of hydrogen-bond acceptors (Lipinski definition) is 4. The molecule has 0 bridgehead atoms. The predicted molar refractivity (Wildman–Crippen MR) is 82.9 cm³/mol. The van der Waals surface area contributed by atoms with Crippen molar-refractivity contribution in [2.45, 2.75) is 10.8 Å². The van der Waals surface area contributed by atoms with E-state index in [1.807, 2.05) is 29.1 Å². The maximum atomic E-state index is 12.1. The summed E-state index contributed by atoms with van der Waals surface area (Å²) in [4.78, 5) is 0. The third-order valence-electron chi connectivity index (χ3n) is 2.87. The number of nitrogens with one attached hydrogen (secondary N) is 1.